The third-order valence-electron chi connectivity index (χ3n) is 4.42. The fourth-order valence-electron chi connectivity index (χ4n) is 3.11. The van der Waals surface area contributed by atoms with Crippen LogP contribution in [0.2, 0.25) is 0 Å². The lowest BCUT2D eigenvalue weighted by molar-refractivity contribution is 0.0274. The van der Waals surface area contributed by atoms with Gasteiger partial charge in [-0.1, -0.05) is 11.8 Å². The summed E-state index contributed by atoms with van der Waals surface area (Å²) >= 11 is 0. The molecule has 9 nitrogen and oxygen atoms in total. The molecule has 1 atom stereocenters. The van der Waals surface area contributed by atoms with Gasteiger partial charge in [0.15, 0.2) is 5.69 Å². The number of halogens is 1. The topological polar surface area (TPSA) is 129 Å². The van der Waals surface area contributed by atoms with E-state index in [4.69, 9.17) is 15.2 Å². The van der Waals surface area contributed by atoms with Crippen LogP contribution in [0.5, 0.6) is 5.75 Å². The Labute approximate surface area is 172 Å². The number of primary amides is 1. The van der Waals surface area contributed by atoms with E-state index >= 15 is 0 Å². The van der Waals surface area contributed by atoms with Crippen LogP contribution in [0.1, 0.15) is 33.5 Å². The molecule has 4 N–H and O–H groups in total. The van der Waals surface area contributed by atoms with E-state index in [1.165, 1.54) is 31.7 Å². The molecule has 0 radical (unpaired) electrons. The van der Waals surface area contributed by atoms with Gasteiger partial charge in [0.2, 0.25) is 0 Å². The normalized spacial score (nSPS) is 14.2. The average molecular weight is 416 g/mol. The highest BCUT2D eigenvalue weighted by atomic mass is 19.1. The van der Waals surface area contributed by atoms with Gasteiger partial charge in [-0.25, -0.2) is 9.37 Å². The van der Waals surface area contributed by atoms with Gasteiger partial charge in [0.25, 0.3) is 11.8 Å². The molecule has 0 saturated carbocycles. The van der Waals surface area contributed by atoms with Gasteiger partial charge in [-0.2, -0.15) is 0 Å². The molecule has 1 aromatic heterocycles. The maximum Gasteiger partial charge on any atom is 0.270 e. The van der Waals surface area contributed by atoms with E-state index in [1.807, 2.05) is 0 Å². The van der Waals surface area contributed by atoms with Gasteiger partial charge in [-0.3, -0.25) is 9.59 Å². The van der Waals surface area contributed by atoms with Crippen molar-refractivity contribution in [1.82, 2.24) is 14.9 Å². The molecule has 1 unspecified atom stereocenters. The summed E-state index contributed by atoms with van der Waals surface area (Å²) in [5, 5.41) is 12.6. The molecule has 1 aliphatic heterocycles. The molecule has 1 aromatic carbocycles. The number of ether oxygens (including phenoxy) is 2. The fraction of sp³-hybridized carbons (Fsp3) is 0.350. The Kier molecular flexibility index (Phi) is 5.78. The summed E-state index contributed by atoms with van der Waals surface area (Å²) in [7, 11) is 2.83. The molecule has 0 fully saturated rings. The molecule has 30 heavy (non-hydrogen) atoms. The second kappa shape index (κ2) is 8.14. The number of imidazole rings is 1. The van der Waals surface area contributed by atoms with E-state index in [0.29, 0.717) is 5.56 Å². The third-order valence-corrected chi connectivity index (χ3v) is 4.42. The average Bonchev–Trinajstić information content (AvgIpc) is 2.98. The smallest absolute Gasteiger partial charge is 0.270 e. The summed E-state index contributed by atoms with van der Waals surface area (Å²) < 4.78 is 26.6. The van der Waals surface area contributed by atoms with E-state index in [9.17, 15) is 19.1 Å². The van der Waals surface area contributed by atoms with Crippen molar-refractivity contribution in [2.45, 2.75) is 19.1 Å². The van der Waals surface area contributed by atoms with E-state index in [0.717, 1.165) is 6.07 Å². The van der Waals surface area contributed by atoms with E-state index < -0.39 is 23.2 Å². The number of hydrogen-bond donors (Lipinski definition) is 3. The quantitative estimate of drug-likeness (QED) is 0.615. The van der Waals surface area contributed by atoms with Crippen LogP contribution in [-0.2, 0) is 11.3 Å². The van der Waals surface area contributed by atoms with Crippen molar-refractivity contribution in [3.05, 3.63) is 34.9 Å². The van der Waals surface area contributed by atoms with Crippen molar-refractivity contribution in [2.24, 2.45) is 5.73 Å². The maximum atomic E-state index is 14.6. The van der Waals surface area contributed by atoms with Gasteiger partial charge in [0, 0.05) is 20.2 Å². The number of methoxy groups -OCH3 is 1. The number of hydrogen-bond acceptors (Lipinski definition) is 6. The number of nitrogens with two attached hydrogens (primary N) is 1. The number of benzene rings is 1. The number of carbonyl (C=O) groups is 2. The molecular weight excluding hydrogens is 395 g/mol. The summed E-state index contributed by atoms with van der Waals surface area (Å²) in [4.78, 5) is 28.5. The molecule has 0 bridgehead atoms. The highest BCUT2D eigenvalue weighted by molar-refractivity contribution is 6.05. The minimum Gasteiger partial charge on any atom is -0.491 e. The summed E-state index contributed by atoms with van der Waals surface area (Å²) in [6.07, 6.45) is 0. The Bertz CT molecular complexity index is 1080. The number of aliphatic hydroxyl groups is 1. The molecule has 1 aliphatic rings. The zero-order chi connectivity index (χ0) is 22.1. The predicted molar refractivity (Wildman–Crippen MR) is 104 cm³/mol. The van der Waals surface area contributed by atoms with E-state index in [-0.39, 0.29) is 48.3 Å². The molecule has 0 spiro atoms. The SMILES string of the molecule is CNC(=O)c1c(C(N)=O)nc2n1CCOc1cc(F)c(C#CC(C)(O)COC)cc1-2. The lowest BCUT2D eigenvalue weighted by Gasteiger charge is -2.14. The minimum absolute atomic E-state index is 0.00330. The van der Waals surface area contributed by atoms with Gasteiger partial charge in [-0.15, -0.1) is 0 Å². The summed E-state index contributed by atoms with van der Waals surface area (Å²) in [6, 6.07) is 2.54. The summed E-state index contributed by atoms with van der Waals surface area (Å²) in [6.45, 7) is 1.69. The first-order valence-corrected chi connectivity index (χ1v) is 9.02. The Balaban J connectivity index is 2.20. The molecule has 158 valence electrons. The summed E-state index contributed by atoms with van der Waals surface area (Å²) in [5.74, 6) is 3.51. The lowest BCUT2D eigenvalue weighted by Crippen LogP contribution is -2.27. The predicted octanol–water partition coefficient (Wildman–Crippen LogP) is 0.289. The van der Waals surface area contributed by atoms with E-state index in [2.05, 4.69) is 22.1 Å². The first-order chi connectivity index (χ1) is 14.2. The number of nitrogens with one attached hydrogen (secondary N) is 1. The number of rotatable bonds is 4. The first kappa shape index (κ1) is 21.3. The molecule has 2 aromatic rings. The third kappa shape index (κ3) is 3.98. The molecule has 0 saturated heterocycles. The Morgan fingerprint density at radius 3 is 2.87 bits per heavy atom. The number of nitrogens with zero attached hydrogens (tertiary/aromatic N) is 2. The van der Waals surface area contributed by atoms with Crippen LogP contribution in [0.3, 0.4) is 0 Å². The van der Waals surface area contributed by atoms with Crippen LogP contribution >= 0.6 is 0 Å². The highest BCUT2D eigenvalue weighted by Crippen LogP contribution is 2.35. The van der Waals surface area contributed by atoms with Crippen LogP contribution in [0.15, 0.2) is 12.1 Å². The zero-order valence-electron chi connectivity index (χ0n) is 16.7. The van der Waals surface area contributed by atoms with Crippen LogP contribution in [0.25, 0.3) is 11.4 Å². The standard InChI is InChI=1S/C20H21FN4O5/c1-20(28,10-29-3)5-4-11-8-12-14(9-13(11)21)30-7-6-25-16(19(27)23-2)15(17(22)26)24-18(12)25/h8-9,28H,6-7,10H2,1-3H3,(H2,22,26)(H,23,27). The van der Waals surface area contributed by atoms with Crippen LogP contribution in [0, 0.1) is 17.7 Å². The summed E-state index contributed by atoms with van der Waals surface area (Å²) in [5.41, 5.74) is 4.04. The van der Waals surface area contributed by atoms with Crippen LogP contribution < -0.4 is 15.8 Å². The zero-order valence-corrected chi connectivity index (χ0v) is 16.7. The second-order valence-corrected chi connectivity index (χ2v) is 6.86. The van der Waals surface area contributed by atoms with Gasteiger partial charge in [0.1, 0.15) is 35.3 Å². The molecule has 2 heterocycles. The number of aromatic nitrogens is 2. The highest BCUT2D eigenvalue weighted by Gasteiger charge is 2.29. The molecule has 3 rings (SSSR count). The van der Waals surface area contributed by atoms with Crippen molar-refractivity contribution in [3.8, 4) is 29.0 Å². The minimum atomic E-state index is -1.48. The van der Waals surface area contributed by atoms with Crippen molar-refractivity contribution in [3.63, 3.8) is 0 Å². The fourth-order valence-corrected chi connectivity index (χ4v) is 3.11. The van der Waals surface area contributed by atoms with Crippen molar-refractivity contribution < 1.29 is 28.6 Å². The lowest BCUT2D eigenvalue weighted by atomic mass is 10.1. The Morgan fingerprint density at radius 1 is 1.50 bits per heavy atom. The Morgan fingerprint density at radius 2 is 2.23 bits per heavy atom. The van der Waals surface area contributed by atoms with Crippen molar-refractivity contribution in [2.75, 3.05) is 27.4 Å². The molecule has 10 heteroatoms. The number of fused-ring (bicyclic) bond motifs is 3. The van der Waals surface area contributed by atoms with E-state index in [1.54, 1.807) is 0 Å². The van der Waals surface area contributed by atoms with Gasteiger partial charge in [0.05, 0.1) is 24.3 Å². The van der Waals surface area contributed by atoms with Crippen LogP contribution in [-0.4, -0.2) is 59.4 Å². The number of carbonyl (C=O) groups excluding carboxylic acids is 2. The van der Waals surface area contributed by atoms with Crippen LogP contribution in [0.4, 0.5) is 4.39 Å². The van der Waals surface area contributed by atoms with Crippen molar-refractivity contribution in [1.29, 1.82) is 0 Å². The molecule has 0 aliphatic carbocycles. The van der Waals surface area contributed by atoms with Gasteiger partial charge < -0.3 is 30.2 Å². The monoisotopic (exact) mass is 416 g/mol. The van der Waals surface area contributed by atoms with Gasteiger partial charge >= 0.3 is 0 Å². The second-order valence-electron chi connectivity index (χ2n) is 6.86. The molecule has 2 amide bonds. The van der Waals surface area contributed by atoms with Crippen molar-refractivity contribution >= 4 is 11.8 Å². The first-order valence-electron chi connectivity index (χ1n) is 9.02. The maximum absolute atomic E-state index is 14.6. The molecular formula is C20H21FN4O5. The largest absolute Gasteiger partial charge is 0.491 e. The Hall–Kier alpha value is -3.42. The van der Waals surface area contributed by atoms with Gasteiger partial charge in [-0.05, 0) is 13.0 Å². The number of amides is 2.